The summed E-state index contributed by atoms with van der Waals surface area (Å²) in [7, 11) is 0. The van der Waals surface area contributed by atoms with Gasteiger partial charge in [-0.3, -0.25) is 0 Å². The molecule has 1 fully saturated rings. The molecule has 1 aliphatic heterocycles. The molecule has 2 nitrogen and oxygen atoms in total. The summed E-state index contributed by atoms with van der Waals surface area (Å²) >= 11 is 1.96. The molecule has 0 radical (unpaired) electrons. The minimum absolute atomic E-state index is 0.119. The minimum atomic E-state index is -0.119. The molecule has 2 rings (SSSR count). The van der Waals surface area contributed by atoms with Crippen molar-refractivity contribution in [1.29, 1.82) is 0 Å². The Bertz CT molecular complexity index is 411. The Labute approximate surface area is 113 Å². The average molecular weight is 268 g/mol. The molecule has 4 heteroatoms. The van der Waals surface area contributed by atoms with E-state index in [-0.39, 0.29) is 5.82 Å². The van der Waals surface area contributed by atoms with E-state index < -0.39 is 0 Å². The first kappa shape index (κ1) is 13.7. The van der Waals surface area contributed by atoms with E-state index >= 15 is 0 Å². The highest BCUT2D eigenvalue weighted by Gasteiger charge is 2.26. The van der Waals surface area contributed by atoms with Gasteiger partial charge in [-0.15, -0.1) is 0 Å². The van der Waals surface area contributed by atoms with Crippen molar-refractivity contribution in [3.05, 3.63) is 29.6 Å². The third-order valence-corrected chi connectivity index (χ3v) is 4.98. The lowest BCUT2D eigenvalue weighted by atomic mass is 10.1. The van der Waals surface area contributed by atoms with E-state index in [0.29, 0.717) is 17.8 Å². The van der Waals surface area contributed by atoms with Crippen LogP contribution in [0.5, 0.6) is 0 Å². The monoisotopic (exact) mass is 268 g/mol. The van der Waals surface area contributed by atoms with Gasteiger partial charge in [-0.1, -0.05) is 13.0 Å². The maximum absolute atomic E-state index is 14.2. The number of hydrogen-bond acceptors (Lipinski definition) is 3. The molecule has 100 valence electrons. The summed E-state index contributed by atoms with van der Waals surface area (Å²) < 4.78 is 14.2. The van der Waals surface area contributed by atoms with E-state index in [1.165, 1.54) is 0 Å². The molecular weight excluding hydrogens is 247 g/mol. The molecule has 1 aromatic rings. The van der Waals surface area contributed by atoms with Gasteiger partial charge in [0.1, 0.15) is 5.82 Å². The predicted molar refractivity (Wildman–Crippen MR) is 77.9 cm³/mol. The molecule has 2 N–H and O–H groups in total. The maximum Gasteiger partial charge on any atom is 0.146 e. The normalized spacial score (nSPS) is 24.3. The van der Waals surface area contributed by atoms with Crippen LogP contribution in [0.1, 0.15) is 19.4 Å². The highest BCUT2D eigenvalue weighted by atomic mass is 32.2. The summed E-state index contributed by atoms with van der Waals surface area (Å²) in [5.74, 6) is 0.946. The Morgan fingerprint density at radius 1 is 1.44 bits per heavy atom. The number of anilines is 1. The summed E-state index contributed by atoms with van der Waals surface area (Å²) in [6, 6.07) is 5.89. The van der Waals surface area contributed by atoms with Crippen LogP contribution in [0.2, 0.25) is 0 Å². The van der Waals surface area contributed by atoms with Crippen molar-refractivity contribution in [2.75, 3.05) is 23.7 Å². The smallest absolute Gasteiger partial charge is 0.146 e. The zero-order valence-corrected chi connectivity index (χ0v) is 11.8. The predicted octanol–water partition coefficient (Wildman–Crippen LogP) is 2.66. The van der Waals surface area contributed by atoms with Crippen molar-refractivity contribution < 1.29 is 4.39 Å². The third kappa shape index (κ3) is 2.81. The van der Waals surface area contributed by atoms with Crippen LogP contribution in [0.4, 0.5) is 10.1 Å². The molecule has 1 heterocycles. The quantitative estimate of drug-likeness (QED) is 0.914. The summed E-state index contributed by atoms with van der Waals surface area (Å²) in [5, 5.41) is 0.543. The number of nitrogens with zero attached hydrogens (tertiary/aromatic N) is 1. The van der Waals surface area contributed by atoms with Gasteiger partial charge in [-0.2, -0.15) is 11.8 Å². The van der Waals surface area contributed by atoms with Gasteiger partial charge in [0.2, 0.25) is 0 Å². The van der Waals surface area contributed by atoms with Crippen molar-refractivity contribution in [3.8, 4) is 0 Å². The van der Waals surface area contributed by atoms with Crippen molar-refractivity contribution in [2.45, 2.75) is 31.6 Å². The second kappa shape index (κ2) is 5.93. The first-order valence-electron chi connectivity index (χ1n) is 6.50. The SMILES string of the molecule is CC1SCCN(c2ccc(CCN)cc2F)C1C. The maximum atomic E-state index is 14.2. The second-order valence-electron chi connectivity index (χ2n) is 4.83. The van der Waals surface area contributed by atoms with Gasteiger partial charge >= 0.3 is 0 Å². The topological polar surface area (TPSA) is 29.3 Å². The van der Waals surface area contributed by atoms with Gasteiger partial charge in [0.15, 0.2) is 0 Å². The Balaban J connectivity index is 2.22. The van der Waals surface area contributed by atoms with Crippen LogP contribution in [0.15, 0.2) is 18.2 Å². The number of hydrogen-bond donors (Lipinski definition) is 1. The lowest BCUT2D eigenvalue weighted by molar-refractivity contribution is 0.581. The van der Waals surface area contributed by atoms with Gasteiger partial charge in [-0.25, -0.2) is 4.39 Å². The molecule has 2 atom stereocenters. The molecule has 0 bridgehead atoms. The Kier molecular flexibility index (Phi) is 4.51. The van der Waals surface area contributed by atoms with Gasteiger partial charge in [0.25, 0.3) is 0 Å². The van der Waals surface area contributed by atoms with Crippen molar-refractivity contribution in [3.63, 3.8) is 0 Å². The molecule has 2 unspecified atom stereocenters. The summed E-state index contributed by atoms with van der Waals surface area (Å²) in [6.45, 7) is 5.86. The van der Waals surface area contributed by atoms with Crippen LogP contribution in [0, 0.1) is 5.82 Å². The average Bonchev–Trinajstić information content (AvgIpc) is 2.34. The molecule has 0 spiro atoms. The molecule has 0 amide bonds. The Morgan fingerprint density at radius 3 is 2.89 bits per heavy atom. The van der Waals surface area contributed by atoms with Gasteiger partial charge in [-0.05, 0) is 37.6 Å². The zero-order chi connectivity index (χ0) is 13.1. The van der Waals surface area contributed by atoms with Crippen molar-refractivity contribution >= 4 is 17.4 Å². The highest BCUT2D eigenvalue weighted by Crippen LogP contribution is 2.31. The number of benzene rings is 1. The van der Waals surface area contributed by atoms with Crippen LogP contribution in [-0.4, -0.2) is 30.1 Å². The van der Waals surface area contributed by atoms with Crippen LogP contribution in [-0.2, 0) is 6.42 Å². The fourth-order valence-corrected chi connectivity index (χ4v) is 3.48. The van der Waals surface area contributed by atoms with E-state index in [2.05, 4.69) is 18.7 Å². The largest absolute Gasteiger partial charge is 0.365 e. The minimum Gasteiger partial charge on any atom is -0.365 e. The molecule has 18 heavy (non-hydrogen) atoms. The zero-order valence-electron chi connectivity index (χ0n) is 11.0. The molecular formula is C14H21FN2S. The van der Waals surface area contributed by atoms with Gasteiger partial charge in [0.05, 0.1) is 5.69 Å². The summed E-state index contributed by atoms with van der Waals surface area (Å²) in [4.78, 5) is 2.18. The van der Waals surface area contributed by atoms with Gasteiger partial charge < -0.3 is 10.6 Å². The second-order valence-corrected chi connectivity index (χ2v) is 6.32. The fourth-order valence-electron chi connectivity index (χ4n) is 2.38. The Hall–Kier alpha value is -0.740. The Morgan fingerprint density at radius 2 is 2.22 bits per heavy atom. The molecule has 0 aromatic heterocycles. The third-order valence-electron chi connectivity index (χ3n) is 3.64. The van der Waals surface area contributed by atoms with E-state index in [4.69, 9.17) is 5.73 Å². The van der Waals surface area contributed by atoms with Crippen LogP contribution in [0.3, 0.4) is 0 Å². The number of halogens is 1. The lowest BCUT2D eigenvalue weighted by Crippen LogP contribution is -2.45. The number of nitrogens with two attached hydrogens (primary N) is 1. The summed E-state index contributed by atoms with van der Waals surface area (Å²) in [5.41, 5.74) is 7.21. The van der Waals surface area contributed by atoms with E-state index in [1.807, 2.05) is 23.9 Å². The molecule has 0 aliphatic carbocycles. The van der Waals surface area contributed by atoms with Crippen LogP contribution in [0.25, 0.3) is 0 Å². The molecule has 1 aromatic carbocycles. The number of rotatable bonds is 3. The molecule has 0 saturated carbocycles. The van der Waals surface area contributed by atoms with Crippen LogP contribution >= 0.6 is 11.8 Å². The fraction of sp³-hybridized carbons (Fsp3) is 0.571. The molecule has 1 saturated heterocycles. The van der Waals surface area contributed by atoms with Crippen molar-refractivity contribution in [2.24, 2.45) is 5.73 Å². The lowest BCUT2D eigenvalue weighted by Gasteiger charge is -2.39. The first-order chi connectivity index (χ1) is 8.63. The van der Waals surface area contributed by atoms with Gasteiger partial charge in [0, 0.05) is 23.6 Å². The highest BCUT2D eigenvalue weighted by molar-refractivity contribution is 8.00. The summed E-state index contributed by atoms with van der Waals surface area (Å²) in [6.07, 6.45) is 0.735. The molecule has 1 aliphatic rings. The van der Waals surface area contributed by atoms with E-state index in [9.17, 15) is 4.39 Å². The first-order valence-corrected chi connectivity index (χ1v) is 7.55. The van der Waals surface area contributed by atoms with E-state index in [1.54, 1.807) is 6.07 Å². The van der Waals surface area contributed by atoms with Crippen LogP contribution < -0.4 is 10.6 Å². The number of thioether (sulfide) groups is 1. The standard InChI is InChI=1S/C14H21FN2S/c1-10-11(2)18-8-7-17(10)14-4-3-12(5-6-16)9-13(14)15/h3-4,9-11H,5-8,16H2,1-2H3. The van der Waals surface area contributed by atoms with E-state index in [0.717, 1.165) is 30.0 Å². The van der Waals surface area contributed by atoms with Crippen molar-refractivity contribution in [1.82, 2.24) is 0 Å².